The van der Waals surface area contributed by atoms with E-state index in [1.807, 2.05) is 30.5 Å². The highest BCUT2D eigenvalue weighted by Crippen LogP contribution is 2.25. The SMILES string of the molecule is O=C(CC1CCN(c2cnc3ccccc3n2)CC1)NC1CCCC1. The summed E-state index contributed by atoms with van der Waals surface area (Å²) in [6, 6.07) is 8.41. The molecule has 5 heteroatoms. The molecule has 5 nitrogen and oxygen atoms in total. The van der Waals surface area contributed by atoms with Crippen LogP contribution >= 0.6 is 0 Å². The Bertz CT molecular complexity index is 733. The summed E-state index contributed by atoms with van der Waals surface area (Å²) in [6.45, 7) is 1.91. The van der Waals surface area contributed by atoms with Crippen molar-refractivity contribution in [3.05, 3.63) is 30.5 Å². The number of rotatable bonds is 4. The van der Waals surface area contributed by atoms with Crippen LogP contribution in [0.2, 0.25) is 0 Å². The van der Waals surface area contributed by atoms with Gasteiger partial charge in [-0.05, 0) is 43.7 Å². The maximum atomic E-state index is 12.2. The number of piperidine rings is 1. The van der Waals surface area contributed by atoms with E-state index < -0.39 is 0 Å². The molecular formula is C20H26N4O. The molecule has 0 unspecified atom stereocenters. The van der Waals surface area contributed by atoms with Crippen molar-refractivity contribution in [1.82, 2.24) is 15.3 Å². The van der Waals surface area contributed by atoms with Crippen LogP contribution in [0.3, 0.4) is 0 Å². The Morgan fingerprint density at radius 2 is 1.80 bits per heavy atom. The van der Waals surface area contributed by atoms with Gasteiger partial charge < -0.3 is 10.2 Å². The monoisotopic (exact) mass is 338 g/mol. The Morgan fingerprint density at radius 1 is 1.08 bits per heavy atom. The van der Waals surface area contributed by atoms with Crippen molar-refractivity contribution in [2.45, 2.75) is 51.0 Å². The number of amides is 1. The minimum atomic E-state index is 0.246. The first-order chi connectivity index (χ1) is 12.3. The minimum Gasteiger partial charge on any atom is -0.355 e. The highest BCUT2D eigenvalue weighted by Gasteiger charge is 2.24. The number of aromatic nitrogens is 2. The van der Waals surface area contributed by atoms with E-state index in [1.165, 1.54) is 12.8 Å². The van der Waals surface area contributed by atoms with Crippen molar-refractivity contribution in [1.29, 1.82) is 0 Å². The summed E-state index contributed by atoms with van der Waals surface area (Å²) in [4.78, 5) is 23.8. The largest absolute Gasteiger partial charge is 0.355 e. The summed E-state index contributed by atoms with van der Waals surface area (Å²) >= 11 is 0. The van der Waals surface area contributed by atoms with Crippen LogP contribution in [0.15, 0.2) is 30.5 Å². The van der Waals surface area contributed by atoms with E-state index in [0.717, 1.165) is 55.6 Å². The Labute approximate surface area is 148 Å². The van der Waals surface area contributed by atoms with E-state index in [0.29, 0.717) is 18.4 Å². The number of carbonyl (C=O) groups is 1. The standard InChI is InChI=1S/C20H26N4O/c25-20(22-16-5-1-2-6-16)13-15-9-11-24(12-10-15)19-14-21-17-7-3-4-8-18(17)23-19/h3-4,7-8,14-16H,1-2,5-6,9-13H2,(H,22,25). The Balaban J connectivity index is 1.30. The molecule has 4 rings (SSSR count). The molecule has 1 aliphatic carbocycles. The number of hydrogen-bond acceptors (Lipinski definition) is 4. The zero-order valence-corrected chi connectivity index (χ0v) is 14.7. The Morgan fingerprint density at radius 3 is 2.56 bits per heavy atom. The van der Waals surface area contributed by atoms with Crippen LogP contribution in [0.25, 0.3) is 11.0 Å². The zero-order valence-electron chi connectivity index (χ0n) is 14.7. The van der Waals surface area contributed by atoms with Gasteiger partial charge in [0.05, 0.1) is 17.2 Å². The van der Waals surface area contributed by atoms with Crippen molar-refractivity contribution >= 4 is 22.8 Å². The third-order valence-corrected chi connectivity index (χ3v) is 5.57. The van der Waals surface area contributed by atoms with Crippen LogP contribution in [0.1, 0.15) is 44.9 Å². The summed E-state index contributed by atoms with van der Waals surface area (Å²) in [7, 11) is 0. The number of hydrogen-bond donors (Lipinski definition) is 1. The fraction of sp³-hybridized carbons (Fsp3) is 0.550. The normalized spacial score (nSPS) is 19.4. The van der Waals surface area contributed by atoms with E-state index in [9.17, 15) is 4.79 Å². The fourth-order valence-electron chi connectivity index (χ4n) is 4.08. The number of benzene rings is 1. The summed E-state index contributed by atoms with van der Waals surface area (Å²) in [5, 5.41) is 3.21. The summed E-state index contributed by atoms with van der Waals surface area (Å²) in [5.74, 6) is 1.69. The molecule has 25 heavy (non-hydrogen) atoms. The Kier molecular flexibility index (Phi) is 4.81. The molecule has 2 fully saturated rings. The molecule has 1 aromatic heterocycles. The summed E-state index contributed by atoms with van der Waals surface area (Å²) in [5.41, 5.74) is 1.88. The van der Waals surface area contributed by atoms with Gasteiger partial charge in [0.2, 0.25) is 5.91 Å². The second kappa shape index (κ2) is 7.38. The predicted octanol–water partition coefficient (Wildman–Crippen LogP) is 3.30. The third kappa shape index (κ3) is 3.91. The molecule has 1 saturated heterocycles. The summed E-state index contributed by atoms with van der Waals surface area (Å²) in [6.07, 6.45) is 9.48. The van der Waals surface area contributed by atoms with E-state index in [2.05, 4.69) is 15.2 Å². The average Bonchev–Trinajstić information content (AvgIpc) is 3.15. The second-order valence-corrected chi connectivity index (χ2v) is 7.40. The number of anilines is 1. The molecule has 132 valence electrons. The maximum Gasteiger partial charge on any atom is 0.220 e. The van der Waals surface area contributed by atoms with Gasteiger partial charge in [0.25, 0.3) is 0 Å². The first kappa shape index (κ1) is 16.3. The van der Waals surface area contributed by atoms with Gasteiger partial charge in [0.15, 0.2) is 0 Å². The van der Waals surface area contributed by atoms with Crippen LogP contribution in [0.5, 0.6) is 0 Å². The summed E-state index contributed by atoms with van der Waals surface area (Å²) < 4.78 is 0. The molecule has 0 spiro atoms. The molecule has 0 bridgehead atoms. The molecule has 1 aliphatic heterocycles. The molecule has 2 aliphatic rings. The number of carbonyl (C=O) groups excluding carboxylic acids is 1. The van der Waals surface area contributed by atoms with Crippen molar-refractivity contribution in [2.24, 2.45) is 5.92 Å². The van der Waals surface area contributed by atoms with Gasteiger partial charge in [-0.3, -0.25) is 9.78 Å². The quantitative estimate of drug-likeness (QED) is 0.929. The van der Waals surface area contributed by atoms with Gasteiger partial charge in [-0.15, -0.1) is 0 Å². The molecule has 1 saturated carbocycles. The van der Waals surface area contributed by atoms with Crippen molar-refractivity contribution < 1.29 is 4.79 Å². The molecule has 1 amide bonds. The average molecular weight is 338 g/mol. The number of fused-ring (bicyclic) bond motifs is 1. The van der Waals surface area contributed by atoms with Gasteiger partial charge in [0, 0.05) is 25.6 Å². The van der Waals surface area contributed by atoms with Gasteiger partial charge >= 0.3 is 0 Å². The maximum absolute atomic E-state index is 12.2. The van der Waals surface area contributed by atoms with Crippen LogP contribution in [-0.2, 0) is 4.79 Å². The van der Waals surface area contributed by atoms with Gasteiger partial charge in [-0.2, -0.15) is 0 Å². The van der Waals surface area contributed by atoms with Crippen molar-refractivity contribution in [3.8, 4) is 0 Å². The van der Waals surface area contributed by atoms with Crippen LogP contribution in [0.4, 0.5) is 5.82 Å². The van der Waals surface area contributed by atoms with Crippen molar-refractivity contribution in [3.63, 3.8) is 0 Å². The van der Waals surface area contributed by atoms with E-state index in [-0.39, 0.29) is 5.91 Å². The predicted molar refractivity (Wildman–Crippen MR) is 99.5 cm³/mol. The fourth-order valence-corrected chi connectivity index (χ4v) is 4.08. The van der Waals surface area contributed by atoms with E-state index >= 15 is 0 Å². The van der Waals surface area contributed by atoms with Crippen LogP contribution in [0, 0.1) is 5.92 Å². The topological polar surface area (TPSA) is 58.1 Å². The number of nitrogens with one attached hydrogen (secondary N) is 1. The lowest BCUT2D eigenvalue weighted by molar-refractivity contribution is -0.122. The van der Waals surface area contributed by atoms with Gasteiger partial charge in [-0.1, -0.05) is 25.0 Å². The molecule has 1 aromatic carbocycles. The lowest BCUT2D eigenvalue weighted by Crippen LogP contribution is -2.38. The highest BCUT2D eigenvalue weighted by atomic mass is 16.1. The van der Waals surface area contributed by atoms with Crippen LogP contribution < -0.4 is 10.2 Å². The molecule has 0 atom stereocenters. The number of nitrogens with zero attached hydrogens (tertiary/aromatic N) is 3. The first-order valence-corrected chi connectivity index (χ1v) is 9.54. The molecule has 2 heterocycles. The van der Waals surface area contributed by atoms with Gasteiger partial charge in [-0.25, -0.2) is 4.98 Å². The lowest BCUT2D eigenvalue weighted by atomic mass is 9.93. The van der Waals surface area contributed by atoms with Crippen LogP contribution in [-0.4, -0.2) is 35.0 Å². The van der Waals surface area contributed by atoms with E-state index in [4.69, 9.17) is 4.98 Å². The molecular weight excluding hydrogens is 312 g/mol. The second-order valence-electron chi connectivity index (χ2n) is 7.40. The highest BCUT2D eigenvalue weighted by molar-refractivity contribution is 5.77. The van der Waals surface area contributed by atoms with Crippen molar-refractivity contribution in [2.75, 3.05) is 18.0 Å². The molecule has 1 N–H and O–H groups in total. The Hall–Kier alpha value is -2.17. The minimum absolute atomic E-state index is 0.246. The molecule has 0 radical (unpaired) electrons. The van der Waals surface area contributed by atoms with Gasteiger partial charge in [0.1, 0.15) is 5.82 Å². The third-order valence-electron chi connectivity index (χ3n) is 5.57. The molecule has 2 aromatic rings. The van der Waals surface area contributed by atoms with E-state index in [1.54, 1.807) is 0 Å². The lowest BCUT2D eigenvalue weighted by Gasteiger charge is -2.32. The first-order valence-electron chi connectivity index (χ1n) is 9.54. The smallest absolute Gasteiger partial charge is 0.220 e. The zero-order chi connectivity index (χ0) is 17.1. The number of para-hydroxylation sites is 2.